The third-order valence-electron chi connectivity index (χ3n) is 17.2. The van der Waals surface area contributed by atoms with Crippen LogP contribution in [0.3, 0.4) is 0 Å². The lowest BCUT2D eigenvalue weighted by molar-refractivity contribution is -0.139. The summed E-state index contributed by atoms with van der Waals surface area (Å²) >= 11 is 8.47. The van der Waals surface area contributed by atoms with Gasteiger partial charge >= 0.3 is 0 Å². The number of thiazole rings is 1. The van der Waals surface area contributed by atoms with Crippen LogP contribution in [0.1, 0.15) is 76.3 Å². The lowest BCUT2D eigenvalue weighted by Gasteiger charge is -2.35. The Balaban J connectivity index is 0.611. The molecule has 2 saturated heterocycles. The number of hydrogen-bond acceptors (Lipinski definition) is 17. The van der Waals surface area contributed by atoms with Gasteiger partial charge in [-0.25, -0.2) is 14.4 Å². The number of phenols is 1. The molecule has 1 saturated carbocycles. The highest BCUT2D eigenvalue weighted by molar-refractivity contribution is 7.10. The fraction of sp³-hybridized carbons (Fsp3) is 0.478. The number of aromatic hydroxyl groups is 1. The van der Waals surface area contributed by atoms with Gasteiger partial charge in [-0.2, -0.15) is 4.98 Å². The zero-order valence-electron chi connectivity index (χ0n) is 51.8. The second-order valence-electron chi connectivity index (χ2n) is 23.1. The minimum atomic E-state index is -0.677. The molecule has 10 rings (SSSR count). The molecule has 2 aromatic heterocycles. The minimum Gasteiger partial charge on any atom is -0.508 e. The first-order valence-corrected chi connectivity index (χ1v) is 32.6. The number of rotatable bonds is 29. The molecule has 4 amide bonds. The molecule has 480 valence electrons. The highest BCUT2D eigenvalue weighted by atomic mass is 35.5. The maximum absolute atomic E-state index is 17.0. The van der Waals surface area contributed by atoms with Gasteiger partial charge in [0.1, 0.15) is 40.5 Å². The summed E-state index contributed by atoms with van der Waals surface area (Å²) < 4.78 is 46.2. The number of carbonyl (C=O) groups excluding carboxylic acids is 4. The van der Waals surface area contributed by atoms with Crippen molar-refractivity contribution in [3.8, 4) is 33.9 Å². The van der Waals surface area contributed by atoms with Crippen LogP contribution in [0.5, 0.6) is 11.5 Å². The van der Waals surface area contributed by atoms with Gasteiger partial charge in [-0.3, -0.25) is 19.2 Å². The third-order valence-corrected chi connectivity index (χ3v) is 18.5. The molecule has 23 heteroatoms. The van der Waals surface area contributed by atoms with E-state index in [2.05, 4.69) is 32.4 Å². The molecule has 0 radical (unpaired) electrons. The van der Waals surface area contributed by atoms with Gasteiger partial charge in [-0.1, -0.05) is 79.4 Å². The second-order valence-corrected chi connectivity index (χ2v) is 24.4. The Hall–Kier alpha value is -7.31. The number of nitrogens with one attached hydrogen (secondary N) is 3. The van der Waals surface area contributed by atoms with E-state index >= 15 is 4.39 Å². The average Bonchev–Trinajstić information content (AvgIpc) is 0.911. The van der Waals surface area contributed by atoms with E-state index in [1.165, 1.54) is 13.0 Å². The standard InChI is InChI=1S/C67H82ClFN10O10S/c1-43(70-3)64(83)73-61(45-13-6-5-7-14-45)66(84)79-24-12-19-56(79)65-72-55(42-90-65)50-20-21-57(51-18-11-10-17-49(50)51)89-38-37-88-36-35-87-34-33-86-32-31-85-30-29-76(4)58(82)22-23-71-67-74-62-53(63(75-67)78-27-25-77(26-28-78)44(2)80)41-54(68)59(60(62)69)52-40-47(81)39-46-15-8-9-16-48(46)52/h8-11,15-18,20-21,39-43,45,56,61,70,81H,5-7,12-14,19,22-38H2,1-4H3,(H,73,83)(H,71,74,75)/t43-,56-,61-/m0/s1. The molecule has 3 atom stereocenters. The average molecular weight is 1270 g/mol. The summed E-state index contributed by atoms with van der Waals surface area (Å²) in [6.07, 6.45) is 7.01. The predicted octanol–water partition coefficient (Wildman–Crippen LogP) is 9.64. The number of fused-ring (bicyclic) bond motifs is 3. The number of nitrogens with zero attached hydrogens (tertiary/aromatic N) is 7. The molecule has 0 bridgehead atoms. The first-order valence-electron chi connectivity index (χ1n) is 31.4. The molecule has 5 aromatic carbocycles. The quantitative estimate of drug-likeness (QED) is 0.0321. The Morgan fingerprint density at radius 2 is 1.44 bits per heavy atom. The lowest BCUT2D eigenvalue weighted by Crippen LogP contribution is -2.55. The highest BCUT2D eigenvalue weighted by Crippen LogP contribution is 2.44. The van der Waals surface area contributed by atoms with Crippen molar-refractivity contribution in [2.24, 2.45) is 5.92 Å². The molecular formula is C67H82ClFN10O10S. The van der Waals surface area contributed by atoms with E-state index in [9.17, 15) is 24.3 Å². The fourth-order valence-electron chi connectivity index (χ4n) is 12.2. The molecule has 7 aromatic rings. The van der Waals surface area contributed by atoms with E-state index in [1.807, 2.05) is 71.3 Å². The van der Waals surface area contributed by atoms with E-state index in [0.717, 1.165) is 83.1 Å². The number of anilines is 2. The van der Waals surface area contributed by atoms with E-state index in [-0.39, 0.29) is 76.4 Å². The summed E-state index contributed by atoms with van der Waals surface area (Å²) in [4.78, 5) is 74.7. The highest BCUT2D eigenvalue weighted by Gasteiger charge is 2.40. The number of benzene rings is 5. The van der Waals surface area contributed by atoms with E-state index in [1.54, 1.807) is 47.4 Å². The molecule has 3 aliphatic rings. The summed E-state index contributed by atoms with van der Waals surface area (Å²) in [5.41, 5.74) is 2.38. The first-order chi connectivity index (χ1) is 43.8. The topological polar surface area (TPSA) is 222 Å². The van der Waals surface area contributed by atoms with E-state index < -0.39 is 17.9 Å². The van der Waals surface area contributed by atoms with Gasteiger partial charge in [0.05, 0.1) is 75.7 Å². The Morgan fingerprint density at radius 3 is 2.16 bits per heavy atom. The predicted molar refractivity (Wildman–Crippen MR) is 349 cm³/mol. The third kappa shape index (κ3) is 16.0. The van der Waals surface area contributed by atoms with Crippen LogP contribution in [0.25, 0.3) is 54.8 Å². The number of likely N-dealkylation sites (N-methyl/N-ethyl adjacent to an activating group) is 2. The molecular weight excluding hydrogens is 1190 g/mol. The second kappa shape index (κ2) is 31.6. The van der Waals surface area contributed by atoms with Crippen LogP contribution < -0.4 is 25.6 Å². The van der Waals surface area contributed by atoms with Gasteiger partial charge in [0.2, 0.25) is 29.6 Å². The van der Waals surface area contributed by atoms with Crippen molar-refractivity contribution in [1.29, 1.82) is 0 Å². The first kappa shape index (κ1) is 65.6. The Bertz CT molecular complexity index is 3620. The van der Waals surface area contributed by atoms with Crippen molar-refractivity contribution in [2.75, 3.05) is 130 Å². The molecule has 2 aliphatic heterocycles. The maximum Gasteiger partial charge on any atom is 0.246 e. The molecule has 20 nitrogen and oxygen atoms in total. The Morgan fingerprint density at radius 1 is 0.767 bits per heavy atom. The molecule has 3 fully saturated rings. The SMILES string of the molecule is CN[C@@H](C)C(=O)N[C@H](C(=O)N1CCC[C@H]1c1nc(-c2ccc(OCCOCCOCCOCCOCCN(C)C(=O)CCNc3nc(N4CCN(C(C)=O)CC4)c4cc(Cl)c(-c5cc(O)cc6ccccc56)c(F)c4n3)c3ccccc23)cs1)C1CCCCC1. The summed E-state index contributed by atoms with van der Waals surface area (Å²) in [5, 5.41) is 26.8. The Kier molecular flexibility index (Phi) is 23.1. The lowest BCUT2D eigenvalue weighted by atomic mass is 9.83. The van der Waals surface area contributed by atoms with Crippen molar-refractivity contribution >= 4 is 90.8 Å². The number of piperazine rings is 1. The van der Waals surface area contributed by atoms with Crippen molar-refractivity contribution in [2.45, 2.75) is 83.3 Å². The van der Waals surface area contributed by atoms with Gasteiger partial charge in [0, 0.05) is 93.5 Å². The van der Waals surface area contributed by atoms with Crippen LogP contribution >= 0.6 is 22.9 Å². The minimum absolute atomic E-state index is 0.00251. The summed E-state index contributed by atoms with van der Waals surface area (Å²) in [5.74, 6) is 0.429. The van der Waals surface area contributed by atoms with E-state index in [0.29, 0.717) is 121 Å². The number of hydrogen-bond donors (Lipinski definition) is 4. The van der Waals surface area contributed by atoms with Crippen LogP contribution in [0, 0.1) is 11.7 Å². The smallest absolute Gasteiger partial charge is 0.246 e. The maximum atomic E-state index is 17.0. The number of carbonyl (C=O) groups is 4. The largest absolute Gasteiger partial charge is 0.508 e. The number of likely N-dealkylation sites (tertiary alicyclic amines) is 1. The number of halogens is 2. The van der Waals surface area contributed by atoms with Crippen LogP contribution in [0.15, 0.2) is 84.2 Å². The molecule has 4 N–H and O–H groups in total. The number of amides is 4. The number of phenolic OH excluding ortho intramolecular Hbond substituents is 1. The molecule has 1 aliphatic carbocycles. The molecule has 4 heterocycles. The van der Waals surface area contributed by atoms with Gasteiger partial charge in [-0.05, 0) is 97.6 Å². The van der Waals surface area contributed by atoms with Gasteiger partial charge in [-0.15, -0.1) is 11.3 Å². The van der Waals surface area contributed by atoms with Crippen LogP contribution in [-0.4, -0.2) is 190 Å². The zero-order valence-corrected chi connectivity index (χ0v) is 53.4. The van der Waals surface area contributed by atoms with E-state index in [4.69, 9.17) is 45.3 Å². The normalized spacial score (nSPS) is 16.2. The van der Waals surface area contributed by atoms with Crippen molar-refractivity contribution in [1.82, 2.24) is 40.3 Å². The van der Waals surface area contributed by atoms with Gasteiger partial charge in [0.25, 0.3) is 0 Å². The summed E-state index contributed by atoms with van der Waals surface area (Å²) in [6, 6.07) is 23.2. The van der Waals surface area contributed by atoms with Gasteiger partial charge in [0.15, 0.2) is 5.82 Å². The van der Waals surface area contributed by atoms with Crippen molar-refractivity contribution < 1.29 is 52.4 Å². The van der Waals surface area contributed by atoms with Gasteiger partial charge < -0.3 is 64.3 Å². The number of ether oxygens (including phenoxy) is 5. The summed E-state index contributed by atoms with van der Waals surface area (Å²) in [7, 11) is 3.46. The van der Waals surface area contributed by atoms with Crippen LogP contribution in [-0.2, 0) is 38.1 Å². The van der Waals surface area contributed by atoms with Crippen molar-refractivity contribution in [3.05, 3.63) is 100 Å². The Labute approximate surface area is 533 Å². The fourth-order valence-corrected chi connectivity index (χ4v) is 13.4. The van der Waals surface area contributed by atoms with Crippen molar-refractivity contribution in [3.63, 3.8) is 0 Å². The zero-order chi connectivity index (χ0) is 63.1. The molecule has 0 spiro atoms. The summed E-state index contributed by atoms with van der Waals surface area (Å²) in [6.45, 7) is 9.68. The van der Waals surface area contributed by atoms with Crippen LogP contribution in [0.2, 0.25) is 5.02 Å². The molecule has 90 heavy (non-hydrogen) atoms. The monoisotopic (exact) mass is 1270 g/mol. The molecule has 0 unspecified atom stereocenters. The number of aromatic nitrogens is 3. The van der Waals surface area contributed by atoms with Crippen LogP contribution in [0.4, 0.5) is 16.2 Å².